The minimum Gasteiger partial charge on any atom is -0.394 e. The molecule has 0 bridgehead atoms. The molecule has 0 aromatic carbocycles. The van der Waals surface area contributed by atoms with Crippen LogP contribution in [0.4, 0.5) is 0 Å². The molecule has 5 heteroatoms. The van der Waals surface area contributed by atoms with Gasteiger partial charge in [-0.2, -0.15) is 0 Å². The maximum absolute atomic E-state index is 12.1. The van der Waals surface area contributed by atoms with E-state index in [1.165, 1.54) is 32.1 Å². The highest BCUT2D eigenvalue weighted by Crippen LogP contribution is 2.17. The number of carbonyl (C=O) groups excluding carboxylic acids is 1. The molecule has 1 saturated carbocycles. The lowest BCUT2D eigenvalue weighted by molar-refractivity contribution is -0.125. The lowest BCUT2D eigenvalue weighted by Crippen LogP contribution is -2.49. The third-order valence-corrected chi connectivity index (χ3v) is 4.26. The van der Waals surface area contributed by atoms with E-state index in [4.69, 9.17) is 9.84 Å². The molecule has 0 aromatic rings. The van der Waals surface area contributed by atoms with Gasteiger partial charge in [0.2, 0.25) is 5.91 Å². The average molecular weight is 284 g/mol. The van der Waals surface area contributed by atoms with E-state index in [1.807, 2.05) is 0 Å². The number of hydrogen-bond donors (Lipinski definition) is 2. The summed E-state index contributed by atoms with van der Waals surface area (Å²) in [4.78, 5) is 14.2. The molecule has 0 aromatic heterocycles. The van der Waals surface area contributed by atoms with Crippen LogP contribution in [0.1, 0.15) is 44.9 Å². The molecule has 20 heavy (non-hydrogen) atoms. The molecule has 1 aliphatic carbocycles. The van der Waals surface area contributed by atoms with Crippen LogP contribution in [0.25, 0.3) is 0 Å². The van der Waals surface area contributed by atoms with Crippen molar-refractivity contribution in [2.75, 3.05) is 32.8 Å². The number of nitrogens with one attached hydrogen (secondary N) is 1. The van der Waals surface area contributed by atoms with Crippen LogP contribution < -0.4 is 5.32 Å². The van der Waals surface area contributed by atoms with Crippen molar-refractivity contribution in [1.82, 2.24) is 10.2 Å². The number of morpholine rings is 1. The van der Waals surface area contributed by atoms with Crippen LogP contribution in [0.2, 0.25) is 0 Å². The molecule has 2 aliphatic rings. The van der Waals surface area contributed by atoms with Gasteiger partial charge in [0, 0.05) is 19.1 Å². The molecule has 1 heterocycles. The first-order valence-electron chi connectivity index (χ1n) is 8.02. The second kappa shape index (κ2) is 8.60. The number of carbonyl (C=O) groups is 1. The summed E-state index contributed by atoms with van der Waals surface area (Å²) in [6.07, 6.45) is 8.50. The van der Waals surface area contributed by atoms with Gasteiger partial charge < -0.3 is 15.2 Å². The van der Waals surface area contributed by atoms with Crippen molar-refractivity contribution in [2.45, 2.75) is 57.1 Å². The van der Waals surface area contributed by atoms with Crippen molar-refractivity contribution in [3.05, 3.63) is 0 Å². The number of rotatable bonds is 4. The third kappa shape index (κ3) is 5.38. The van der Waals surface area contributed by atoms with Crippen molar-refractivity contribution >= 4 is 5.91 Å². The quantitative estimate of drug-likeness (QED) is 0.805. The summed E-state index contributed by atoms with van der Waals surface area (Å²) in [5.41, 5.74) is 0. The molecular formula is C15H28N2O3. The van der Waals surface area contributed by atoms with E-state index >= 15 is 0 Å². The van der Waals surface area contributed by atoms with E-state index in [9.17, 15) is 4.79 Å². The number of aliphatic hydroxyl groups excluding tert-OH is 1. The Morgan fingerprint density at radius 3 is 2.60 bits per heavy atom. The van der Waals surface area contributed by atoms with Crippen LogP contribution in [-0.2, 0) is 9.53 Å². The number of aliphatic hydroxyl groups is 1. The fourth-order valence-electron chi connectivity index (χ4n) is 3.11. The van der Waals surface area contributed by atoms with Gasteiger partial charge in [-0.1, -0.05) is 32.1 Å². The van der Waals surface area contributed by atoms with Gasteiger partial charge in [-0.3, -0.25) is 9.69 Å². The standard InChI is InChI=1S/C15H28N2O3/c18-12-14-10-17(8-9-20-14)11-15(19)16-13-6-4-2-1-3-5-7-13/h13-14,18H,1-12H2,(H,16,19)/t14-/m0/s1. The lowest BCUT2D eigenvalue weighted by atomic mass is 9.97. The summed E-state index contributed by atoms with van der Waals surface area (Å²) in [6, 6.07) is 0.359. The molecule has 1 saturated heterocycles. The fraction of sp³-hybridized carbons (Fsp3) is 0.933. The van der Waals surface area contributed by atoms with Gasteiger partial charge in [0.1, 0.15) is 0 Å². The Kier molecular flexibility index (Phi) is 6.76. The van der Waals surface area contributed by atoms with Crippen LogP contribution >= 0.6 is 0 Å². The minimum absolute atomic E-state index is 0.0285. The van der Waals surface area contributed by atoms with Crippen molar-refractivity contribution in [1.29, 1.82) is 0 Å². The molecule has 2 fully saturated rings. The predicted octanol–water partition coefficient (Wildman–Crippen LogP) is 0.909. The van der Waals surface area contributed by atoms with E-state index < -0.39 is 0 Å². The number of hydrogen-bond acceptors (Lipinski definition) is 4. The topological polar surface area (TPSA) is 61.8 Å². The molecule has 2 N–H and O–H groups in total. The van der Waals surface area contributed by atoms with Crippen molar-refractivity contribution < 1.29 is 14.6 Å². The van der Waals surface area contributed by atoms with Crippen molar-refractivity contribution in [2.24, 2.45) is 0 Å². The highest BCUT2D eigenvalue weighted by Gasteiger charge is 2.22. The summed E-state index contributed by atoms with van der Waals surface area (Å²) in [7, 11) is 0. The Bertz CT molecular complexity index is 285. The maximum atomic E-state index is 12.1. The lowest BCUT2D eigenvalue weighted by Gasteiger charge is -2.32. The van der Waals surface area contributed by atoms with Gasteiger partial charge in [-0.05, 0) is 12.8 Å². The van der Waals surface area contributed by atoms with Gasteiger partial charge in [-0.25, -0.2) is 0 Å². The monoisotopic (exact) mass is 284 g/mol. The zero-order chi connectivity index (χ0) is 14.2. The second-order valence-corrected chi connectivity index (χ2v) is 6.02. The number of nitrogens with zero attached hydrogens (tertiary/aromatic N) is 1. The molecule has 1 aliphatic heterocycles. The van der Waals surface area contributed by atoms with Gasteiger partial charge in [-0.15, -0.1) is 0 Å². The van der Waals surface area contributed by atoms with E-state index in [-0.39, 0.29) is 18.6 Å². The zero-order valence-corrected chi connectivity index (χ0v) is 12.4. The smallest absolute Gasteiger partial charge is 0.234 e. The largest absolute Gasteiger partial charge is 0.394 e. The Labute approximate surface area is 121 Å². The van der Waals surface area contributed by atoms with Gasteiger partial charge >= 0.3 is 0 Å². The normalized spacial score (nSPS) is 26.8. The molecule has 2 rings (SSSR count). The van der Waals surface area contributed by atoms with Gasteiger partial charge in [0.05, 0.1) is 25.9 Å². The fourth-order valence-corrected chi connectivity index (χ4v) is 3.11. The Balaban J connectivity index is 1.70. The van der Waals surface area contributed by atoms with Crippen LogP contribution in [-0.4, -0.2) is 60.9 Å². The van der Waals surface area contributed by atoms with Crippen molar-refractivity contribution in [3.63, 3.8) is 0 Å². The first-order chi connectivity index (χ1) is 9.78. The molecular weight excluding hydrogens is 256 g/mol. The summed E-state index contributed by atoms with van der Waals surface area (Å²) < 4.78 is 5.40. The minimum atomic E-state index is -0.141. The molecule has 1 atom stereocenters. The number of amides is 1. The Hall–Kier alpha value is -0.650. The van der Waals surface area contributed by atoms with Crippen LogP contribution in [0.15, 0.2) is 0 Å². The first kappa shape index (κ1) is 15.7. The average Bonchev–Trinajstić information content (AvgIpc) is 2.42. The van der Waals surface area contributed by atoms with E-state index in [1.54, 1.807) is 0 Å². The second-order valence-electron chi connectivity index (χ2n) is 6.02. The van der Waals surface area contributed by atoms with Crippen LogP contribution in [0.3, 0.4) is 0 Å². The Morgan fingerprint density at radius 1 is 1.20 bits per heavy atom. The van der Waals surface area contributed by atoms with Gasteiger partial charge in [0.15, 0.2) is 0 Å². The molecule has 1 amide bonds. The van der Waals surface area contributed by atoms with Crippen LogP contribution in [0, 0.1) is 0 Å². The summed E-state index contributed by atoms with van der Waals surface area (Å²) in [5, 5.41) is 12.3. The summed E-state index contributed by atoms with van der Waals surface area (Å²) in [6.45, 7) is 2.47. The van der Waals surface area contributed by atoms with E-state index in [0.29, 0.717) is 25.7 Å². The highest BCUT2D eigenvalue weighted by molar-refractivity contribution is 5.78. The molecule has 0 unspecified atom stereocenters. The summed E-state index contributed by atoms with van der Waals surface area (Å²) in [5.74, 6) is 0.120. The maximum Gasteiger partial charge on any atom is 0.234 e. The highest BCUT2D eigenvalue weighted by atomic mass is 16.5. The van der Waals surface area contributed by atoms with Gasteiger partial charge in [0.25, 0.3) is 0 Å². The third-order valence-electron chi connectivity index (χ3n) is 4.26. The SMILES string of the molecule is O=C(CN1CCO[C@H](CO)C1)NC1CCCCCCC1. The molecule has 0 radical (unpaired) electrons. The molecule has 116 valence electrons. The number of ether oxygens (including phenoxy) is 1. The molecule has 5 nitrogen and oxygen atoms in total. The predicted molar refractivity (Wildman–Crippen MR) is 77.5 cm³/mol. The molecule has 0 spiro atoms. The first-order valence-corrected chi connectivity index (χ1v) is 8.02. The Morgan fingerprint density at radius 2 is 1.90 bits per heavy atom. The van der Waals surface area contributed by atoms with E-state index in [2.05, 4.69) is 10.2 Å². The van der Waals surface area contributed by atoms with E-state index in [0.717, 1.165) is 19.4 Å². The van der Waals surface area contributed by atoms with Crippen molar-refractivity contribution in [3.8, 4) is 0 Å². The zero-order valence-electron chi connectivity index (χ0n) is 12.4. The summed E-state index contributed by atoms with van der Waals surface area (Å²) >= 11 is 0. The van der Waals surface area contributed by atoms with Crippen LogP contribution in [0.5, 0.6) is 0 Å².